The Morgan fingerprint density at radius 3 is 2.47 bits per heavy atom. The van der Waals surface area contributed by atoms with Gasteiger partial charge in [-0.3, -0.25) is 10.5 Å². The number of aromatic nitrogens is 4. The number of carbonyl (C=O) groups excluding carboxylic acids is 1. The number of benzene rings is 1. The number of fused-ring (bicyclic) bond motifs is 1. The first-order chi connectivity index (χ1) is 15.1. The van der Waals surface area contributed by atoms with Crippen LogP contribution in [0, 0.1) is 6.92 Å². The summed E-state index contributed by atoms with van der Waals surface area (Å²) < 4.78 is 14.4. The molecule has 1 aromatic carbocycles. The third-order valence-electron chi connectivity index (χ3n) is 5.61. The zero-order valence-electron chi connectivity index (χ0n) is 20.1. The average Bonchev–Trinajstić information content (AvgIpc) is 3.05. The van der Waals surface area contributed by atoms with Crippen molar-refractivity contribution in [3.05, 3.63) is 41.0 Å². The third kappa shape index (κ3) is 4.84. The molecule has 0 bridgehead atoms. The molecule has 0 unspecified atom stereocenters. The van der Waals surface area contributed by atoms with Gasteiger partial charge in [0.05, 0.1) is 7.11 Å². The Bertz CT molecular complexity index is 1130. The number of Topliss-reactive ketones (excluding diaryl/α,β-unsaturated/α-hetero) is 1. The van der Waals surface area contributed by atoms with E-state index in [9.17, 15) is 4.79 Å². The minimum atomic E-state index is -0.120. The molecule has 0 fully saturated rings. The van der Waals surface area contributed by atoms with Gasteiger partial charge < -0.3 is 9.47 Å². The van der Waals surface area contributed by atoms with Crippen LogP contribution in [-0.4, -0.2) is 33.7 Å². The molecular weight excluding hydrogens is 406 g/mol. The predicted molar refractivity (Wildman–Crippen MR) is 123 cm³/mol. The molecule has 0 radical (unpaired) electrons. The molecule has 2 aromatic heterocycles. The van der Waals surface area contributed by atoms with E-state index in [1.807, 2.05) is 25.1 Å². The lowest BCUT2D eigenvalue weighted by Crippen LogP contribution is -2.42. The largest absolute Gasteiger partial charge is 0.497 e. The Kier molecular flexibility index (Phi) is 6.71. The van der Waals surface area contributed by atoms with Gasteiger partial charge in [0.2, 0.25) is 5.88 Å². The van der Waals surface area contributed by atoms with Gasteiger partial charge >= 0.3 is 5.95 Å². The monoisotopic (exact) mass is 440 g/mol. The SMILES string of the molecule is CCC(CC)Oc1nn2c(N)[n+](CC(=O)c3cc(OC)cc(C(C)(C)C)c3)nc2cc1C. The maximum atomic E-state index is 13.1. The standard InChI is InChI=1S/C24H33N5O3/c1-8-18(9-2)32-22-15(3)10-21-26-28(23(25)29(21)27-22)14-20(30)16-11-17(24(4,5)6)13-19(12-16)31-7/h10-13,18,25H,8-9,14H2,1-7H3/p+1. The summed E-state index contributed by atoms with van der Waals surface area (Å²) in [6.45, 7) is 12.4. The second-order valence-electron chi connectivity index (χ2n) is 9.10. The van der Waals surface area contributed by atoms with Crippen molar-refractivity contribution in [3.8, 4) is 11.6 Å². The normalized spacial score (nSPS) is 11.9. The van der Waals surface area contributed by atoms with Crippen molar-refractivity contribution < 1.29 is 19.0 Å². The highest BCUT2D eigenvalue weighted by Gasteiger charge is 2.24. The van der Waals surface area contributed by atoms with E-state index in [0.717, 1.165) is 24.0 Å². The molecule has 8 heteroatoms. The summed E-state index contributed by atoms with van der Waals surface area (Å²) in [4.78, 5) is 13.1. The van der Waals surface area contributed by atoms with Crippen LogP contribution in [0.25, 0.3) is 5.65 Å². The fraction of sp³-hybridized carbons (Fsp3) is 0.500. The van der Waals surface area contributed by atoms with Crippen LogP contribution in [0.2, 0.25) is 0 Å². The molecule has 0 atom stereocenters. The molecule has 2 heterocycles. The van der Waals surface area contributed by atoms with Crippen LogP contribution in [0.5, 0.6) is 11.6 Å². The van der Waals surface area contributed by atoms with Gasteiger partial charge in [-0.05, 0) is 48.9 Å². The summed E-state index contributed by atoms with van der Waals surface area (Å²) in [5.74, 6) is 1.33. The van der Waals surface area contributed by atoms with Crippen LogP contribution in [0.4, 0.5) is 5.95 Å². The molecule has 0 aliphatic rings. The molecule has 0 spiro atoms. The van der Waals surface area contributed by atoms with Crippen LogP contribution in [-0.2, 0) is 12.0 Å². The molecule has 8 nitrogen and oxygen atoms in total. The molecule has 0 saturated carbocycles. The lowest BCUT2D eigenvalue weighted by Gasteiger charge is -2.20. The van der Waals surface area contributed by atoms with Crippen molar-refractivity contribution in [1.29, 1.82) is 0 Å². The van der Waals surface area contributed by atoms with E-state index in [-0.39, 0.29) is 29.8 Å². The number of nitrogens with two attached hydrogens (primary N) is 1. The predicted octanol–water partition coefficient (Wildman–Crippen LogP) is 3.66. The van der Waals surface area contributed by atoms with E-state index >= 15 is 0 Å². The van der Waals surface area contributed by atoms with Gasteiger partial charge in [-0.2, -0.15) is 0 Å². The van der Waals surface area contributed by atoms with Gasteiger partial charge in [0.1, 0.15) is 11.9 Å². The topological polar surface area (TPSA) is 95.6 Å². The van der Waals surface area contributed by atoms with Crippen molar-refractivity contribution in [1.82, 2.24) is 14.7 Å². The Hall–Kier alpha value is -3.16. The number of nitrogens with zero attached hydrogens (tertiary/aromatic N) is 4. The number of methoxy groups -OCH3 is 1. The Balaban J connectivity index is 1.94. The molecule has 0 aliphatic carbocycles. The molecule has 0 aliphatic heterocycles. The van der Waals surface area contributed by atoms with Crippen LogP contribution in [0.15, 0.2) is 24.3 Å². The summed E-state index contributed by atoms with van der Waals surface area (Å²) >= 11 is 0. The van der Waals surface area contributed by atoms with Gasteiger partial charge in [0, 0.05) is 17.2 Å². The smallest absolute Gasteiger partial charge is 0.401 e. The Morgan fingerprint density at radius 1 is 1.19 bits per heavy atom. The highest BCUT2D eigenvalue weighted by atomic mass is 16.5. The van der Waals surface area contributed by atoms with Crippen LogP contribution in [0.1, 0.15) is 68.9 Å². The van der Waals surface area contributed by atoms with Crippen LogP contribution in [0.3, 0.4) is 0 Å². The summed E-state index contributed by atoms with van der Waals surface area (Å²) in [7, 11) is 1.60. The van der Waals surface area contributed by atoms with Crippen LogP contribution >= 0.6 is 0 Å². The lowest BCUT2D eigenvalue weighted by molar-refractivity contribution is -0.723. The van der Waals surface area contributed by atoms with Crippen molar-refractivity contribution >= 4 is 17.4 Å². The van der Waals surface area contributed by atoms with E-state index < -0.39 is 0 Å². The molecule has 32 heavy (non-hydrogen) atoms. The maximum Gasteiger partial charge on any atom is 0.401 e. The van der Waals surface area contributed by atoms with Crippen molar-refractivity contribution in [2.45, 2.75) is 72.4 Å². The van der Waals surface area contributed by atoms with E-state index in [0.29, 0.717) is 22.8 Å². The number of rotatable bonds is 8. The third-order valence-corrected chi connectivity index (χ3v) is 5.61. The minimum Gasteiger partial charge on any atom is -0.497 e. The molecule has 3 rings (SSSR count). The first-order valence-electron chi connectivity index (χ1n) is 11.0. The maximum absolute atomic E-state index is 13.1. The summed E-state index contributed by atoms with van der Waals surface area (Å²) in [6, 6.07) is 7.47. The Labute approximate surface area is 189 Å². The Morgan fingerprint density at radius 2 is 1.88 bits per heavy atom. The molecule has 0 amide bonds. The molecule has 3 aromatic rings. The first kappa shape index (κ1) is 23.5. The second kappa shape index (κ2) is 9.14. The number of ketones is 1. The number of carbonyl (C=O) groups is 1. The highest BCUT2D eigenvalue weighted by Crippen LogP contribution is 2.28. The zero-order chi connectivity index (χ0) is 23.6. The van der Waals surface area contributed by atoms with E-state index in [1.165, 1.54) is 9.20 Å². The highest BCUT2D eigenvalue weighted by molar-refractivity contribution is 5.95. The average molecular weight is 441 g/mol. The molecular formula is C24H34N5O3+. The van der Waals surface area contributed by atoms with Gasteiger partial charge in [0.15, 0.2) is 12.3 Å². The summed E-state index contributed by atoms with van der Waals surface area (Å²) in [5.41, 5.74) is 9.19. The minimum absolute atomic E-state index is 0.00622. The summed E-state index contributed by atoms with van der Waals surface area (Å²) in [5, 5.41) is 9.04. The van der Waals surface area contributed by atoms with E-state index in [4.69, 9.17) is 15.2 Å². The second-order valence-corrected chi connectivity index (χ2v) is 9.10. The molecule has 2 N–H and O–H groups in total. The first-order valence-corrected chi connectivity index (χ1v) is 11.0. The van der Waals surface area contributed by atoms with Gasteiger partial charge in [-0.25, -0.2) is 0 Å². The molecule has 172 valence electrons. The van der Waals surface area contributed by atoms with E-state index in [2.05, 4.69) is 44.8 Å². The van der Waals surface area contributed by atoms with Crippen LogP contribution < -0.4 is 19.9 Å². The fourth-order valence-corrected chi connectivity index (χ4v) is 3.45. The number of anilines is 1. The fourth-order valence-electron chi connectivity index (χ4n) is 3.45. The quantitative estimate of drug-likeness (QED) is 0.424. The van der Waals surface area contributed by atoms with Crippen molar-refractivity contribution in [2.75, 3.05) is 12.8 Å². The van der Waals surface area contributed by atoms with E-state index in [1.54, 1.807) is 13.2 Å². The molecule has 0 saturated heterocycles. The van der Waals surface area contributed by atoms with Crippen molar-refractivity contribution in [2.24, 2.45) is 0 Å². The number of aryl methyl sites for hydroxylation is 1. The number of ether oxygens (including phenoxy) is 2. The van der Waals surface area contributed by atoms with Crippen molar-refractivity contribution in [3.63, 3.8) is 0 Å². The number of hydrogen-bond acceptors (Lipinski definition) is 6. The lowest BCUT2D eigenvalue weighted by atomic mass is 9.85. The number of hydrogen-bond donors (Lipinski definition) is 1. The van der Waals surface area contributed by atoms with Gasteiger partial charge in [0.25, 0.3) is 5.65 Å². The summed E-state index contributed by atoms with van der Waals surface area (Å²) in [6.07, 6.45) is 1.86. The number of nitrogen functional groups attached to an aromatic ring is 1. The van der Waals surface area contributed by atoms with Gasteiger partial charge in [-0.1, -0.05) is 49.3 Å². The van der Waals surface area contributed by atoms with Gasteiger partial charge in [-0.15, -0.1) is 4.68 Å². The zero-order valence-corrected chi connectivity index (χ0v) is 20.1.